The molecule has 0 amide bonds. The molecule has 0 fully saturated rings. The summed E-state index contributed by atoms with van der Waals surface area (Å²) in [6.07, 6.45) is 4.55. The van der Waals surface area contributed by atoms with Crippen molar-refractivity contribution in [1.29, 1.82) is 0 Å². The minimum Gasteiger partial charge on any atom is -0.380 e. The van der Waals surface area contributed by atoms with Gasteiger partial charge in [-0.3, -0.25) is 0 Å². The lowest BCUT2D eigenvalue weighted by molar-refractivity contribution is 0.128. The van der Waals surface area contributed by atoms with Crippen molar-refractivity contribution in [3.63, 3.8) is 0 Å². The molecule has 0 bridgehead atoms. The van der Waals surface area contributed by atoms with Gasteiger partial charge < -0.3 is 19.9 Å². The number of fused-ring (bicyclic) bond motifs is 1. The quantitative estimate of drug-likeness (QED) is 0.408. The minimum absolute atomic E-state index is 0.552. The molecule has 0 saturated carbocycles. The summed E-state index contributed by atoms with van der Waals surface area (Å²) in [6.45, 7) is 11.1. The maximum Gasteiger partial charge on any atom is 0.191 e. The maximum absolute atomic E-state index is 5.63. The first-order valence-corrected chi connectivity index (χ1v) is 9.21. The van der Waals surface area contributed by atoms with Crippen molar-refractivity contribution >= 4 is 5.96 Å². The molecule has 1 aromatic rings. The van der Waals surface area contributed by atoms with Gasteiger partial charge in [-0.15, -0.1) is 10.2 Å². The first-order valence-electron chi connectivity index (χ1n) is 9.21. The zero-order chi connectivity index (χ0) is 17.2. The molecule has 0 spiro atoms. The summed E-state index contributed by atoms with van der Waals surface area (Å²) in [5, 5.41) is 15.1. The lowest BCUT2D eigenvalue weighted by Crippen LogP contribution is -2.39. The minimum atomic E-state index is 0.552. The molecule has 2 heterocycles. The summed E-state index contributed by atoms with van der Waals surface area (Å²) in [4.78, 5) is 4.63. The Hall–Kier alpha value is -1.63. The molecule has 7 heteroatoms. The number of rotatable bonds is 9. The molecule has 136 valence electrons. The van der Waals surface area contributed by atoms with Gasteiger partial charge in [0.15, 0.2) is 11.8 Å². The van der Waals surface area contributed by atoms with E-state index in [-0.39, 0.29) is 0 Å². The van der Waals surface area contributed by atoms with Crippen molar-refractivity contribution in [1.82, 2.24) is 25.4 Å². The van der Waals surface area contributed by atoms with Gasteiger partial charge in [0, 0.05) is 32.7 Å². The number of nitrogens with zero attached hydrogens (tertiary/aromatic N) is 4. The Kier molecular flexibility index (Phi) is 8.01. The predicted molar refractivity (Wildman–Crippen MR) is 96.1 cm³/mol. The van der Waals surface area contributed by atoms with Gasteiger partial charge in [-0.2, -0.15) is 0 Å². The van der Waals surface area contributed by atoms with E-state index in [9.17, 15) is 0 Å². The molecule has 0 aromatic carbocycles. The van der Waals surface area contributed by atoms with Crippen LogP contribution >= 0.6 is 0 Å². The molecule has 0 saturated heterocycles. The van der Waals surface area contributed by atoms with Gasteiger partial charge in [-0.05, 0) is 32.1 Å². The largest absolute Gasteiger partial charge is 0.380 e. The van der Waals surface area contributed by atoms with Crippen molar-refractivity contribution in [2.75, 3.05) is 26.3 Å². The topological polar surface area (TPSA) is 76.4 Å². The number of ether oxygens (including phenoxy) is 1. The summed E-state index contributed by atoms with van der Waals surface area (Å²) in [7, 11) is 0. The second kappa shape index (κ2) is 10.3. The first-order chi connectivity index (χ1) is 11.7. The van der Waals surface area contributed by atoms with Crippen LogP contribution in [0.1, 0.15) is 51.7 Å². The van der Waals surface area contributed by atoms with Gasteiger partial charge >= 0.3 is 0 Å². The molecule has 2 N–H and O–H groups in total. The summed E-state index contributed by atoms with van der Waals surface area (Å²) in [5.74, 6) is 3.54. The third-order valence-corrected chi connectivity index (χ3v) is 4.04. The van der Waals surface area contributed by atoms with E-state index >= 15 is 0 Å². The highest BCUT2D eigenvalue weighted by atomic mass is 16.5. The average Bonchev–Trinajstić information content (AvgIpc) is 2.98. The lowest BCUT2D eigenvalue weighted by Gasteiger charge is -2.15. The number of guanidine groups is 1. The average molecular weight is 336 g/mol. The van der Waals surface area contributed by atoms with E-state index in [0.29, 0.717) is 19.1 Å². The molecular formula is C17H32N6O. The smallest absolute Gasteiger partial charge is 0.191 e. The lowest BCUT2D eigenvalue weighted by atomic mass is 10.1. The van der Waals surface area contributed by atoms with Crippen molar-refractivity contribution in [2.45, 2.75) is 59.5 Å². The molecule has 0 aliphatic carbocycles. The number of aromatic nitrogens is 3. The highest BCUT2D eigenvalue weighted by molar-refractivity contribution is 5.79. The number of aryl methyl sites for hydroxylation is 1. The molecule has 1 aliphatic rings. The second-order valence-corrected chi connectivity index (χ2v) is 6.56. The number of hydrogen-bond acceptors (Lipinski definition) is 4. The third-order valence-electron chi connectivity index (χ3n) is 4.04. The fourth-order valence-corrected chi connectivity index (χ4v) is 2.64. The molecule has 0 radical (unpaired) electrons. The summed E-state index contributed by atoms with van der Waals surface area (Å²) < 4.78 is 7.84. The van der Waals surface area contributed by atoms with Gasteiger partial charge in [-0.25, -0.2) is 4.99 Å². The third kappa shape index (κ3) is 6.11. The van der Waals surface area contributed by atoms with Gasteiger partial charge in [0.25, 0.3) is 0 Å². The Bertz CT molecular complexity index is 511. The van der Waals surface area contributed by atoms with Crippen LogP contribution < -0.4 is 10.6 Å². The maximum atomic E-state index is 5.63. The number of hydrogen-bond donors (Lipinski definition) is 2. The highest BCUT2D eigenvalue weighted by Crippen LogP contribution is 2.14. The number of nitrogens with one attached hydrogen (secondary N) is 2. The summed E-state index contributed by atoms with van der Waals surface area (Å²) >= 11 is 0. The van der Waals surface area contributed by atoms with E-state index in [1.807, 2.05) is 0 Å². The summed E-state index contributed by atoms with van der Waals surface area (Å²) in [5.41, 5.74) is 0. The van der Waals surface area contributed by atoms with E-state index in [0.717, 1.165) is 56.7 Å². The van der Waals surface area contributed by atoms with Crippen LogP contribution in [0.3, 0.4) is 0 Å². The van der Waals surface area contributed by atoms with E-state index in [1.165, 1.54) is 12.8 Å². The Morgan fingerprint density at radius 1 is 1.25 bits per heavy atom. The predicted octanol–water partition coefficient (Wildman–Crippen LogP) is 1.73. The van der Waals surface area contributed by atoms with Crippen LogP contribution in [0.25, 0.3) is 0 Å². The number of aliphatic imine (C=N–C) groups is 1. The zero-order valence-corrected chi connectivity index (χ0v) is 15.3. The van der Waals surface area contributed by atoms with Crippen molar-refractivity contribution < 1.29 is 4.74 Å². The normalized spacial score (nSPS) is 14.8. The molecule has 0 atom stereocenters. The van der Waals surface area contributed by atoms with Crippen molar-refractivity contribution in [2.24, 2.45) is 10.9 Å². The van der Waals surface area contributed by atoms with Gasteiger partial charge in [-0.1, -0.05) is 13.8 Å². The molecule has 1 aromatic heterocycles. The van der Waals surface area contributed by atoms with Crippen molar-refractivity contribution in [3.05, 3.63) is 11.6 Å². The molecule has 24 heavy (non-hydrogen) atoms. The monoisotopic (exact) mass is 336 g/mol. The van der Waals surface area contributed by atoms with Crippen LogP contribution in [0.2, 0.25) is 0 Å². The van der Waals surface area contributed by atoms with Gasteiger partial charge in [0.05, 0.1) is 6.61 Å². The van der Waals surface area contributed by atoms with Crippen LogP contribution in [0.15, 0.2) is 4.99 Å². The standard InChI is InChI=1S/C17H32N6O/c1-4-18-17(19-9-12-24-11-8-14(2)3)20-13-16-22-21-15-7-5-6-10-23(15)16/h14H,4-13H2,1-3H3,(H2,18,19,20). The fraction of sp³-hybridized carbons (Fsp3) is 0.824. The van der Waals surface area contributed by atoms with E-state index < -0.39 is 0 Å². The van der Waals surface area contributed by atoms with E-state index in [4.69, 9.17) is 4.74 Å². The van der Waals surface area contributed by atoms with Crippen LogP contribution in [0, 0.1) is 5.92 Å². The molecule has 1 aliphatic heterocycles. The van der Waals surface area contributed by atoms with Crippen LogP contribution in [-0.4, -0.2) is 47.0 Å². The van der Waals surface area contributed by atoms with Crippen molar-refractivity contribution in [3.8, 4) is 0 Å². The Morgan fingerprint density at radius 2 is 2.12 bits per heavy atom. The Morgan fingerprint density at radius 3 is 2.92 bits per heavy atom. The SMILES string of the molecule is CCNC(=NCc1nnc2n1CCCC2)NCCOCCC(C)C. The second-order valence-electron chi connectivity index (χ2n) is 6.56. The zero-order valence-electron chi connectivity index (χ0n) is 15.3. The Balaban J connectivity index is 1.77. The van der Waals surface area contributed by atoms with Crippen LogP contribution in [-0.2, 0) is 24.2 Å². The summed E-state index contributed by atoms with van der Waals surface area (Å²) in [6, 6.07) is 0. The fourth-order valence-electron chi connectivity index (χ4n) is 2.64. The Labute approximate surface area is 145 Å². The first kappa shape index (κ1) is 18.7. The van der Waals surface area contributed by atoms with Gasteiger partial charge in [0.1, 0.15) is 12.4 Å². The van der Waals surface area contributed by atoms with Crippen LogP contribution in [0.5, 0.6) is 0 Å². The van der Waals surface area contributed by atoms with E-state index in [1.54, 1.807) is 0 Å². The molecule has 0 unspecified atom stereocenters. The molecular weight excluding hydrogens is 304 g/mol. The van der Waals surface area contributed by atoms with E-state index in [2.05, 4.69) is 51.2 Å². The van der Waals surface area contributed by atoms with Crippen LogP contribution in [0.4, 0.5) is 0 Å². The molecule has 7 nitrogen and oxygen atoms in total. The highest BCUT2D eigenvalue weighted by Gasteiger charge is 2.15. The van der Waals surface area contributed by atoms with Gasteiger partial charge in [0.2, 0.25) is 0 Å². The molecule has 2 rings (SSSR count).